The van der Waals surface area contributed by atoms with Crippen LogP contribution in [0.5, 0.6) is 11.5 Å². The van der Waals surface area contributed by atoms with Crippen LogP contribution >= 0.6 is 34.8 Å². The minimum atomic E-state index is -4.01. The lowest BCUT2D eigenvalue weighted by Gasteiger charge is -2.33. The summed E-state index contributed by atoms with van der Waals surface area (Å²) in [5.41, 5.74) is 0.253. The zero-order valence-electron chi connectivity index (χ0n) is 18.2. The Morgan fingerprint density at radius 1 is 0.970 bits per heavy atom. The van der Waals surface area contributed by atoms with Gasteiger partial charge >= 0.3 is 0 Å². The monoisotopic (exact) mass is 534 g/mol. The van der Waals surface area contributed by atoms with Crippen molar-refractivity contribution in [2.45, 2.75) is 43.0 Å². The summed E-state index contributed by atoms with van der Waals surface area (Å²) in [4.78, 5) is 12.9. The van der Waals surface area contributed by atoms with Crippen molar-refractivity contribution < 1.29 is 22.7 Å². The molecule has 1 aliphatic rings. The van der Waals surface area contributed by atoms with E-state index in [0.29, 0.717) is 18.6 Å². The van der Waals surface area contributed by atoms with Crippen LogP contribution in [0.15, 0.2) is 35.2 Å². The standard InChI is InChI=1S/C22H25Cl3N2O5S/c1-31-20-9-8-15(10-21(20)32-2)33(29,30)27(14-6-4-3-5-7-14)13-22(28)26-19-12-17(24)16(23)11-18(19)25/h8-12,14H,3-7,13H2,1-2H3,(H,26,28). The normalized spacial score (nSPS) is 14.8. The van der Waals surface area contributed by atoms with E-state index in [4.69, 9.17) is 44.3 Å². The first kappa shape index (κ1) is 25.9. The summed E-state index contributed by atoms with van der Waals surface area (Å²) < 4.78 is 39.0. The highest BCUT2D eigenvalue weighted by Crippen LogP contribution is 2.34. The van der Waals surface area contributed by atoms with Crippen molar-refractivity contribution >= 4 is 56.4 Å². The molecule has 0 radical (unpaired) electrons. The Morgan fingerprint density at radius 2 is 1.61 bits per heavy atom. The minimum absolute atomic E-state index is 0.0195. The van der Waals surface area contributed by atoms with Crippen molar-refractivity contribution in [3.8, 4) is 11.5 Å². The number of ether oxygens (including phenoxy) is 2. The van der Waals surface area contributed by atoms with Gasteiger partial charge in [0.2, 0.25) is 15.9 Å². The second-order valence-electron chi connectivity index (χ2n) is 7.65. The van der Waals surface area contributed by atoms with E-state index < -0.39 is 15.9 Å². The van der Waals surface area contributed by atoms with Crippen molar-refractivity contribution in [2.24, 2.45) is 0 Å². The van der Waals surface area contributed by atoms with Gasteiger partial charge in [-0.2, -0.15) is 4.31 Å². The third-order valence-corrected chi connectivity index (χ3v) is 8.46. The molecule has 1 aliphatic carbocycles. The van der Waals surface area contributed by atoms with E-state index in [1.54, 1.807) is 0 Å². The summed E-state index contributed by atoms with van der Waals surface area (Å²) in [6.45, 7) is -0.377. The van der Waals surface area contributed by atoms with Gasteiger partial charge in [0.1, 0.15) is 0 Å². The molecule has 0 unspecified atom stereocenters. The quantitative estimate of drug-likeness (QED) is 0.443. The van der Waals surface area contributed by atoms with Gasteiger partial charge in [-0.15, -0.1) is 0 Å². The Labute approximate surface area is 209 Å². The molecule has 0 spiro atoms. The van der Waals surface area contributed by atoms with E-state index in [-0.39, 0.29) is 44.0 Å². The number of hydrogen-bond donors (Lipinski definition) is 1. The fourth-order valence-electron chi connectivity index (χ4n) is 3.84. The van der Waals surface area contributed by atoms with Gasteiger partial charge in [-0.1, -0.05) is 54.1 Å². The highest BCUT2D eigenvalue weighted by molar-refractivity contribution is 7.89. The number of rotatable bonds is 8. The first-order valence-electron chi connectivity index (χ1n) is 10.4. The number of sulfonamides is 1. The second-order valence-corrected chi connectivity index (χ2v) is 10.8. The Morgan fingerprint density at radius 3 is 2.24 bits per heavy atom. The summed E-state index contributed by atoms with van der Waals surface area (Å²) in [7, 11) is -1.11. The van der Waals surface area contributed by atoms with Gasteiger partial charge < -0.3 is 14.8 Å². The first-order valence-corrected chi connectivity index (χ1v) is 12.9. The molecule has 3 rings (SSSR count). The summed E-state index contributed by atoms with van der Waals surface area (Å²) in [5, 5.41) is 3.32. The van der Waals surface area contributed by atoms with Gasteiger partial charge in [0.05, 0.1) is 46.4 Å². The fraction of sp³-hybridized carbons (Fsp3) is 0.409. The van der Waals surface area contributed by atoms with Crippen LogP contribution in [-0.2, 0) is 14.8 Å². The van der Waals surface area contributed by atoms with Gasteiger partial charge in [-0.05, 0) is 37.1 Å². The number of carbonyl (C=O) groups excluding carboxylic acids is 1. The Kier molecular flexibility index (Phi) is 8.75. The predicted octanol–water partition coefficient (Wildman–Crippen LogP) is 5.63. The second kappa shape index (κ2) is 11.1. The van der Waals surface area contributed by atoms with E-state index in [0.717, 1.165) is 19.3 Å². The lowest BCUT2D eigenvalue weighted by Crippen LogP contribution is -2.45. The molecule has 1 N–H and O–H groups in total. The van der Waals surface area contributed by atoms with Gasteiger partial charge in [-0.3, -0.25) is 4.79 Å². The van der Waals surface area contributed by atoms with Crippen LogP contribution in [0, 0.1) is 0 Å². The van der Waals surface area contributed by atoms with Crippen molar-refractivity contribution in [1.82, 2.24) is 4.31 Å². The number of amides is 1. The van der Waals surface area contributed by atoms with Crippen LogP contribution < -0.4 is 14.8 Å². The zero-order valence-corrected chi connectivity index (χ0v) is 21.3. The van der Waals surface area contributed by atoms with Gasteiger partial charge in [0.25, 0.3) is 0 Å². The summed E-state index contributed by atoms with van der Waals surface area (Å²) in [6, 6.07) is 6.92. The van der Waals surface area contributed by atoms with Crippen molar-refractivity contribution in [1.29, 1.82) is 0 Å². The van der Waals surface area contributed by atoms with Crippen LogP contribution in [0.4, 0.5) is 5.69 Å². The van der Waals surface area contributed by atoms with Crippen molar-refractivity contribution in [2.75, 3.05) is 26.1 Å². The maximum atomic E-state index is 13.6. The van der Waals surface area contributed by atoms with E-state index in [9.17, 15) is 13.2 Å². The van der Waals surface area contributed by atoms with E-state index in [1.807, 2.05) is 0 Å². The van der Waals surface area contributed by atoms with E-state index in [2.05, 4.69) is 5.32 Å². The maximum Gasteiger partial charge on any atom is 0.243 e. The predicted molar refractivity (Wildman–Crippen MR) is 130 cm³/mol. The first-order chi connectivity index (χ1) is 15.7. The molecule has 180 valence electrons. The Hall–Kier alpha value is -1.71. The minimum Gasteiger partial charge on any atom is -0.493 e. The molecular formula is C22H25Cl3N2O5S. The largest absolute Gasteiger partial charge is 0.493 e. The van der Waals surface area contributed by atoms with E-state index in [1.165, 1.54) is 48.9 Å². The molecule has 0 saturated heterocycles. The number of anilines is 1. The molecule has 1 amide bonds. The molecule has 33 heavy (non-hydrogen) atoms. The fourth-order valence-corrected chi connectivity index (χ4v) is 6.09. The number of nitrogens with zero attached hydrogens (tertiary/aromatic N) is 1. The maximum absolute atomic E-state index is 13.6. The number of benzene rings is 2. The lowest BCUT2D eigenvalue weighted by atomic mass is 9.95. The zero-order chi connectivity index (χ0) is 24.2. The van der Waals surface area contributed by atoms with Crippen LogP contribution in [-0.4, -0.2) is 45.4 Å². The molecule has 0 bridgehead atoms. The number of carbonyl (C=O) groups is 1. The van der Waals surface area contributed by atoms with Gasteiger partial charge in [-0.25, -0.2) is 8.42 Å². The summed E-state index contributed by atoms with van der Waals surface area (Å²) in [6.07, 6.45) is 4.16. The molecule has 2 aromatic carbocycles. The number of methoxy groups -OCH3 is 2. The van der Waals surface area contributed by atoms with Crippen molar-refractivity contribution in [3.05, 3.63) is 45.4 Å². The molecule has 0 heterocycles. The third-order valence-electron chi connectivity index (χ3n) is 5.53. The van der Waals surface area contributed by atoms with E-state index >= 15 is 0 Å². The molecule has 1 saturated carbocycles. The topological polar surface area (TPSA) is 84.9 Å². The molecule has 1 fully saturated rings. The SMILES string of the molecule is COc1ccc(S(=O)(=O)N(CC(=O)Nc2cc(Cl)c(Cl)cc2Cl)C2CCCCC2)cc1OC. The number of hydrogen-bond acceptors (Lipinski definition) is 5. The number of nitrogens with one attached hydrogen (secondary N) is 1. The Bertz CT molecular complexity index is 1120. The molecule has 11 heteroatoms. The average molecular weight is 536 g/mol. The molecular weight excluding hydrogens is 511 g/mol. The van der Waals surface area contributed by atoms with Crippen LogP contribution in [0.2, 0.25) is 15.1 Å². The summed E-state index contributed by atoms with van der Waals surface area (Å²) >= 11 is 18.1. The molecule has 2 aromatic rings. The molecule has 0 aliphatic heterocycles. The molecule has 7 nitrogen and oxygen atoms in total. The van der Waals surface area contributed by atoms with Crippen LogP contribution in [0.1, 0.15) is 32.1 Å². The average Bonchev–Trinajstić information content (AvgIpc) is 2.80. The highest BCUT2D eigenvalue weighted by atomic mass is 35.5. The molecule has 0 atom stereocenters. The van der Waals surface area contributed by atoms with Gasteiger partial charge in [0.15, 0.2) is 11.5 Å². The summed E-state index contributed by atoms with van der Waals surface area (Å²) in [5.74, 6) is 0.159. The Balaban J connectivity index is 1.91. The highest BCUT2D eigenvalue weighted by Gasteiger charge is 2.34. The van der Waals surface area contributed by atoms with Crippen molar-refractivity contribution in [3.63, 3.8) is 0 Å². The third kappa shape index (κ3) is 6.05. The van der Waals surface area contributed by atoms with Crippen LogP contribution in [0.25, 0.3) is 0 Å². The van der Waals surface area contributed by atoms with Crippen LogP contribution in [0.3, 0.4) is 0 Å². The van der Waals surface area contributed by atoms with Gasteiger partial charge in [0, 0.05) is 12.1 Å². The smallest absolute Gasteiger partial charge is 0.243 e. The lowest BCUT2D eigenvalue weighted by molar-refractivity contribution is -0.116. The number of halogens is 3. The molecule has 0 aromatic heterocycles.